The molecule has 4 aromatic rings. The molecule has 1 amide bonds. The fourth-order valence-electron chi connectivity index (χ4n) is 8.51. The molecule has 240 valence electrons. The number of para-hydroxylation sites is 1. The molecule has 3 heteroatoms. The molecular weight excluding hydrogens is 560 g/mol. The number of fused-ring (bicyclic) bond motifs is 2. The predicted octanol–water partition coefficient (Wildman–Crippen LogP) is 10.4. The van der Waals surface area contributed by atoms with Gasteiger partial charge in [0.05, 0.1) is 5.69 Å². The number of carbonyl (C=O) groups excluding carboxylic acids is 1. The maximum atomic E-state index is 12.6. The van der Waals surface area contributed by atoms with Crippen molar-refractivity contribution in [1.82, 2.24) is 0 Å². The van der Waals surface area contributed by atoms with E-state index in [1.807, 2.05) is 4.90 Å². The summed E-state index contributed by atoms with van der Waals surface area (Å²) < 4.78 is 0. The van der Waals surface area contributed by atoms with Crippen LogP contribution in [0, 0.1) is 17.8 Å². The second-order valence-electron chi connectivity index (χ2n) is 16.0. The summed E-state index contributed by atoms with van der Waals surface area (Å²) in [5, 5.41) is 3.91. The van der Waals surface area contributed by atoms with Gasteiger partial charge in [-0.1, -0.05) is 126 Å². The highest BCUT2D eigenvalue weighted by Crippen LogP contribution is 2.51. The van der Waals surface area contributed by atoms with E-state index in [0.29, 0.717) is 17.8 Å². The Morgan fingerprint density at radius 3 is 2.20 bits per heavy atom. The molecule has 3 atom stereocenters. The lowest BCUT2D eigenvalue weighted by atomic mass is 9.65. The van der Waals surface area contributed by atoms with Crippen molar-refractivity contribution in [3.63, 3.8) is 0 Å². The molecule has 0 saturated carbocycles. The molecule has 1 N–H and O–H groups in total. The second kappa shape index (κ2) is 12.4. The van der Waals surface area contributed by atoms with Crippen molar-refractivity contribution >= 4 is 17.3 Å². The van der Waals surface area contributed by atoms with E-state index >= 15 is 0 Å². The molecule has 0 bridgehead atoms. The van der Waals surface area contributed by atoms with Crippen LogP contribution >= 0.6 is 0 Å². The molecule has 0 fully saturated rings. The summed E-state index contributed by atoms with van der Waals surface area (Å²) in [7, 11) is 0. The molecule has 0 spiro atoms. The van der Waals surface area contributed by atoms with Gasteiger partial charge in [-0.15, -0.1) is 0 Å². The molecular formula is C43H52N2O. The number of hydrogen-bond acceptors (Lipinski definition) is 2. The van der Waals surface area contributed by atoms with Crippen molar-refractivity contribution < 1.29 is 4.79 Å². The highest BCUT2D eigenvalue weighted by Gasteiger charge is 2.39. The van der Waals surface area contributed by atoms with Crippen molar-refractivity contribution in [2.75, 3.05) is 23.3 Å². The third-order valence-corrected chi connectivity index (χ3v) is 10.5. The van der Waals surface area contributed by atoms with Gasteiger partial charge in [-0.25, -0.2) is 0 Å². The van der Waals surface area contributed by atoms with Gasteiger partial charge in [-0.2, -0.15) is 0 Å². The number of hydrogen-bond donors (Lipinski definition) is 1. The lowest BCUT2D eigenvalue weighted by molar-refractivity contribution is -0.116. The molecule has 0 aliphatic carbocycles. The first-order valence-corrected chi connectivity index (χ1v) is 17.2. The van der Waals surface area contributed by atoms with E-state index in [0.717, 1.165) is 38.0 Å². The third kappa shape index (κ3) is 6.39. The molecule has 46 heavy (non-hydrogen) atoms. The highest BCUT2D eigenvalue weighted by atomic mass is 16.2. The predicted molar refractivity (Wildman–Crippen MR) is 194 cm³/mol. The number of rotatable bonds is 5. The number of nitrogens with one attached hydrogen (secondary N) is 1. The Balaban J connectivity index is 1.33. The van der Waals surface area contributed by atoms with E-state index in [1.54, 1.807) is 6.92 Å². The summed E-state index contributed by atoms with van der Waals surface area (Å²) in [5.74, 6) is 1.33. The third-order valence-electron chi connectivity index (χ3n) is 10.5. The van der Waals surface area contributed by atoms with Gasteiger partial charge in [-0.05, 0) is 93.4 Å². The number of amides is 1. The Morgan fingerprint density at radius 1 is 0.783 bits per heavy atom. The Labute approximate surface area is 277 Å². The average Bonchev–Trinajstić information content (AvgIpc) is 2.99. The van der Waals surface area contributed by atoms with Crippen LogP contribution in [0.15, 0.2) is 84.9 Å². The van der Waals surface area contributed by atoms with Gasteiger partial charge in [0.2, 0.25) is 5.91 Å². The van der Waals surface area contributed by atoms with Crippen LogP contribution in [0.4, 0.5) is 11.4 Å². The number of anilines is 2. The van der Waals surface area contributed by atoms with Crippen LogP contribution in [0.1, 0.15) is 117 Å². The SMILES string of the molecule is CC(=O)N1CCC(C(C)(C)C)c2cc(Cc3cccc(C4CNc5c(Cc6ccccc6)cccc5C4C(C)(C)C)c3)cc(C)c21. The number of benzene rings is 4. The summed E-state index contributed by atoms with van der Waals surface area (Å²) in [4.78, 5) is 14.6. The molecule has 0 aromatic heterocycles. The minimum atomic E-state index is 0.100. The molecule has 2 aliphatic heterocycles. The van der Waals surface area contributed by atoms with Crippen molar-refractivity contribution in [3.05, 3.63) is 129 Å². The lowest BCUT2D eigenvalue weighted by Crippen LogP contribution is -2.38. The van der Waals surface area contributed by atoms with Crippen molar-refractivity contribution in [2.45, 2.75) is 92.4 Å². The summed E-state index contributed by atoms with van der Waals surface area (Å²) in [6, 6.07) is 31.8. The summed E-state index contributed by atoms with van der Waals surface area (Å²) >= 11 is 0. The van der Waals surface area contributed by atoms with Crippen molar-refractivity contribution in [2.24, 2.45) is 10.8 Å². The molecule has 4 aromatic carbocycles. The van der Waals surface area contributed by atoms with Crippen LogP contribution in [-0.2, 0) is 17.6 Å². The summed E-state index contributed by atoms with van der Waals surface area (Å²) in [5.41, 5.74) is 13.5. The Morgan fingerprint density at radius 2 is 1.50 bits per heavy atom. The molecule has 0 radical (unpaired) electrons. The molecule has 6 rings (SSSR count). The van der Waals surface area contributed by atoms with E-state index in [1.165, 1.54) is 50.2 Å². The van der Waals surface area contributed by atoms with E-state index in [9.17, 15) is 4.79 Å². The quantitative estimate of drug-likeness (QED) is 0.243. The van der Waals surface area contributed by atoms with E-state index in [4.69, 9.17) is 0 Å². The van der Waals surface area contributed by atoms with Gasteiger partial charge in [0.15, 0.2) is 0 Å². The number of aryl methyl sites for hydroxylation is 1. The van der Waals surface area contributed by atoms with Gasteiger partial charge < -0.3 is 10.2 Å². The summed E-state index contributed by atoms with van der Waals surface area (Å²) in [6.07, 6.45) is 2.83. The minimum absolute atomic E-state index is 0.100. The topological polar surface area (TPSA) is 32.3 Å². The first-order chi connectivity index (χ1) is 21.8. The van der Waals surface area contributed by atoms with Crippen LogP contribution < -0.4 is 10.2 Å². The van der Waals surface area contributed by atoms with Gasteiger partial charge >= 0.3 is 0 Å². The number of nitrogens with zero attached hydrogens (tertiary/aromatic N) is 1. The monoisotopic (exact) mass is 612 g/mol. The molecule has 3 nitrogen and oxygen atoms in total. The Hall–Kier alpha value is -3.85. The standard InChI is InChI=1S/C43H52N2O/c1-28-22-32(26-36-38(42(3,4)5)20-21-45(29(2)46)41(28)36)23-31-16-12-17-33(25-31)37-27-44-40-34(24-30-14-10-9-11-15-30)18-13-19-35(40)39(37)43(6,7)8/h9-19,22,25-26,37-39,44H,20-21,23-24,27H2,1-8H3. The first-order valence-electron chi connectivity index (χ1n) is 17.2. The number of carbonyl (C=O) groups is 1. The van der Waals surface area contributed by atoms with Gasteiger partial charge in [-0.3, -0.25) is 4.79 Å². The normalized spacial score (nSPS) is 19.7. The Kier molecular flexibility index (Phi) is 8.65. The second-order valence-corrected chi connectivity index (χ2v) is 16.0. The van der Waals surface area contributed by atoms with Crippen molar-refractivity contribution in [3.8, 4) is 0 Å². The first kappa shape index (κ1) is 32.1. The van der Waals surface area contributed by atoms with Crippen LogP contribution in [-0.4, -0.2) is 19.0 Å². The van der Waals surface area contributed by atoms with Gasteiger partial charge in [0.25, 0.3) is 0 Å². The molecule has 2 aliphatic rings. The molecule has 0 saturated heterocycles. The zero-order valence-corrected chi connectivity index (χ0v) is 29.2. The zero-order chi connectivity index (χ0) is 32.8. The van der Waals surface area contributed by atoms with Crippen molar-refractivity contribution in [1.29, 1.82) is 0 Å². The average molecular weight is 613 g/mol. The van der Waals surface area contributed by atoms with Crippen LogP contribution in [0.5, 0.6) is 0 Å². The minimum Gasteiger partial charge on any atom is -0.384 e. The molecule has 3 unspecified atom stereocenters. The maximum Gasteiger partial charge on any atom is 0.223 e. The van der Waals surface area contributed by atoms with Crippen LogP contribution in [0.2, 0.25) is 0 Å². The van der Waals surface area contributed by atoms with Crippen LogP contribution in [0.3, 0.4) is 0 Å². The smallest absolute Gasteiger partial charge is 0.223 e. The molecule has 2 heterocycles. The van der Waals surface area contributed by atoms with Gasteiger partial charge in [0.1, 0.15) is 0 Å². The van der Waals surface area contributed by atoms with Gasteiger partial charge in [0, 0.05) is 31.6 Å². The highest BCUT2D eigenvalue weighted by molar-refractivity contribution is 5.94. The van der Waals surface area contributed by atoms with E-state index < -0.39 is 0 Å². The fraction of sp³-hybridized carbons (Fsp3) is 0.419. The van der Waals surface area contributed by atoms with Crippen LogP contribution in [0.25, 0.3) is 0 Å². The van der Waals surface area contributed by atoms with E-state index in [-0.39, 0.29) is 16.7 Å². The zero-order valence-electron chi connectivity index (χ0n) is 29.2. The fourth-order valence-corrected chi connectivity index (χ4v) is 8.51. The van der Waals surface area contributed by atoms with E-state index in [2.05, 4.69) is 139 Å². The summed E-state index contributed by atoms with van der Waals surface area (Å²) in [6.45, 7) is 19.8. The lowest BCUT2D eigenvalue weighted by Gasteiger charge is -2.43. The maximum absolute atomic E-state index is 12.6. The largest absolute Gasteiger partial charge is 0.384 e. The Bertz CT molecular complexity index is 1720.